The second-order valence-electron chi connectivity index (χ2n) is 7.68. The van der Waals surface area contributed by atoms with Crippen LogP contribution in [0.4, 0.5) is 0 Å². The Hall–Kier alpha value is -0.780. The lowest BCUT2D eigenvalue weighted by Gasteiger charge is -2.49. The smallest absolute Gasteiger partial charge is 0.00445 e. The highest BCUT2D eigenvalue weighted by atomic mass is 14.5. The fourth-order valence-corrected chi connectivity index (χ4v) is 4.95. The Morgan fingerprint density at radius 1 is 1.20 bits per heavy atom. The fourth-order valence-electron chi connectivity index (χ4n) is 4.95. The summed E-state index contributed by atoms with van der Waals surface area (Å²) in [4.78, 5) is 0. The van der Waals surface area contributed by atoms with Crippen molar-refractivity contribution in [3.8, 4) is 0 Å². The molecule has 0 aromatic rings. The zero-order chi connectivity index (χ0) is 14.2. The molecule has 3 rings (SSSR count). The zero-order valence-corrected chi connectivity index (χ0v) is 13.5. The second kappa shape index (κ2) is 5.54. The Bertz CT molecular complexity index is 451. The van der Waals surface area contributed by atoms with Crippen molar-refractivity contribution in [2.75, 3.05) is 0 Å². The second-order valence-corrected chi connectivity index (χ2v) is 7.68. The molecule has 0 N–H and O–H groups in total. The molecule has 0 radical (unpaired) electrons. The minimum Gasteiger partial charge on any atom is -0.0853 e. The third-order valence-electron chi connectivity index (χ3n) is 6.39. The molecule has 0 spiro atoms. The van der Waals surface area contributed by atoms with Crippen molar-refractivity contribution < 1.29 is 0 Å². The molecule has 0 amide bonds. The Morgan fingerprint density at radius 3 is 2.90 bits per heavy atom. The van der Waals surface area contributed by atoms with E-state index in [4.69, 9.17) is 0 Å². The first-order valence-corrected chi connectivity index (χ1v) is 8.64. The number of rotatable bonds is 0. The van der Waals surface area contributed by atoms with Crippen molar-refractivity contribution >= 4 is 0 Å². The van der Waals surface area contributed by atoms with Gasteiger partial charge in [-0.25, -0.2) is 0 Å². The summed E-state index contributed by atoms with van der Waals surface area (Å²) in [5, 5.41) is 0. The lowest BCUT2D eigenvalue weighted by Crippen LogP contribution is -2.40. The molecule has 3 aliphatic carbocycles. The molecule has 0 fully saturated rings. The van der Waals surface area contributed by atoms with Gasteiger partial charge in [0, 0.05) is 0 Å². The Labute approximate surface area is 125 Å². The van der Waals surface area contributed by atoms with Crippen LogP contribution in [-0.4, -0.2) is 0 Å². The Morgan fingerprint density at radius 2 is 2.05 bits per heavy atom. The van der Waals surface area contributed by atoms with Gasteiger partial charge < -0.3 is 0 Å². The summed E-state index contributed by atoms with van der Waals surface area (Å²) in [7, 11) is 0. The minimum absolute atomic E-state index is 0.462. The highest BCUT2D eigenvalue weighted by Crippen LogP contribution is 2.54. The van der Waals surface area contributed by atoms with E-state index < -0.39 is 0 Å². The summed E-state index contributed by atoms with van der Waals surface area (Å²) >= 11 is 0. The zero-order valence-electron chi connectivity index (χ0n) is 13.5. The molecular formula is C20H30. The predicted octanol–water partition coefficient (Wildman–Crippen LogP) is 6.06. The van der Waals surface area contributed by atoms with Crippen molar-refractivity contribution in [3.05, 3.63) is 35.5 Å². The number of hydrogen-bond acceptors (Lipinski definition) is 0. The molecule has 0 aromatic heterocycles. The molecule has 3 aliphatic rings. The normalized spacial score (nSPS) is 44.0. The van der Waals surface area contributed by atoms with E-state index in [9.17, 15) is 0 Å². The summed E-state index contributed by atoms with van der Waals surface area (Å²) in [5.41, 5.74) is 3.74. The molecule has 20 heavy (non-hydrogen) atoms. The van der Waals surface area contributed by atoms with E-state index in [0.717, 1.165) is 17.8 Å². The topological polar surface area (TPSA) is 0 Å². The number of allylic oxidation sites excluding steroid dienone is 6. The van der Waals surface area contributed by atoms with Crippen LogP contribution >= 0.6 is 0 Å². The molecule has 0 aromatic carbocycles. The fraction of sp³-hybridized carbons (Fsp3) is 0.700. The minimum atomic E-state index is 0.462. The van der Waals surface area contributed by atoms with Gasteiger partial charge in [0.25, 0.3) is 0 Å². The molecule has 0 nitrogen and oxygen atoms in total. The summed E-state index contributed by atoms with van der Waals surface area (Å²) in [6.07, 6.45) is 19.3. The molecule has 4 atom stereocenters. The van der Waals surface area contributed by atoms with Crippen molar-refractivity contribution in [1.82, 2.24) is 0 Å². The van der Waals surface area contributed by atoms with Gasteiger partial charge >= 0.3 is 0 Å². The van der Waals surface area contributed by atoms with Crippen LogP contribution in [0, 0.1) is 23.2 Å². The van der Waals surface area contributed by atoms with Crippen LogP contribution in [0.15, 0.2) is 35.5 Å². The van der Waals surface area contributed by atoms with Crippen LogP contribution in [0.2, 0.25) is 0 Å². The molecular weight excluding hydrogens is 240 g/mol. The third-order valence-corrected chi connectivity index (χ3v) is 6.39. The average molecular weight is 270 g/mol. The lowest BCUT2D eigenvalue weighted by molar-refractivity contribution is 0.0863. The molecule has 0 heteroatoms. The van der Waals surface area contributed by atoms with Crippen molar-refractivity contribution in [1.29, 1.82) is 0 Å². The van der Waals surface area contributed by atoms with Crippen molar-refractivity contribution in [2.24, 2.45) is 23.2 Å². The van der Waals surface area contributed by atoms with Gasteiger partial charge in [-0.2, -0.15) is 0 Å². The van der Waals surface area contributed by atoms with Gasteiger partial charge in [-0.3, -0.25) is 0 Å². The van der Waals surface area contributed by atoms with Gasteiger partial charge in [0.2, 0.25) is 0 Å². The van der Waals surface area contributed by atoms with Gasteiger partial charge in [-0.05, 0) is 80.6 Å². The summed E-state index contributed by atoms with van der Waals surface area (Å²) in [6.45, 7) is 7.38. The first-order chi connectivity index (χ1) is 9.61. The number of fused-ring (bicyclic) bond motifs is 3. The first-order valence-electron chi connectivity index (χ1n) is 8.64. The largest absolute Gasteiger partial charge is 0.0853 e. The lowest BCUT2D eigenvalue weighted by atomic mass is 9.55. The molecule has 110 valence electrons. The predicted molar refractivity (Wildman–Crippen MR) is 87.6 cm³/mol. The monoisotopic (exact) mass is 270 g/mol. The van der Waals surface area contributed by atoms with Crippen molar-refractivity contribution in [2.45, 2.75) is 65.7 Å². The van der Waals surface area contributed by atoms with E-state index in [2.05, 4.69) is 45.1 Å². The maximum Gasteiger partial charge on any atom is -0.00445 e. The summed E-state index contributed by atoms with van der Waals surface area (Å²) in [5.74, 6) is 2.65. The van der Waals surface area contributed by atoms with Crippen LogP contribution in [-0.2, 0) is 0 Å². The Balaban J connectivity index is 1.92. The third kappa shape index (κ3) is 2.43. The maximum atomic E-state index is 2.57. The van der Waals surface area contributed by atoms with Gasteiger partial charge in [0.05, 0.1) is 0 Å². The van der Waals surface area contributed by atoms with E-state index in [-0.39, 0.29) is 0 Å². The van der Waals surface area contributed by atoms with Crippen LogP contribution in [0.1, 0.15) is 65.7 Å². The summed E-state index contributed by atoms with van der Waals surface area (Å²) < 4.78 is 0. The quantitative estimate of drug-likeness (QED) is 0.469. The van der Waals surface area contributed by atoms with E-state index in [0.29, 0.717) is 5.41 Å². The molecule has 0 heterocycles. The number of hydrogen-bond donors (Lipinski definition) is 0. The van der Waals surface area contributed by atoms with Crippen LogP contribution in [0.3, 0.4) is 0 Å². The standard InChI is InChI=1S/C20H30/c1-15-7-6-9-19-18(16(2)11-10-15)13-12-17-8-4-5-14-20(17,19)3/h4,8,10,12,16,18-19H,5-7,9,11,13-14H2,1-3H3/b15-10-/t16?,18?,19?,20-/m0/s1. The van der Waals surface area contributed by atoms with E-state index in [1.807, 2.05) is 0 Å². The maximum absolute atomic E-state index is 2.57. The van der Waals surface area contributed by atoms with Crippen LogP contribution < -0.4 is 0 Å². The highest BCUT2D eigenvalue weighted by Gasteiger charge is 2.44. The SMILES string of the molecule is C/C1=C/CC(C)C2CC=C3C=CCC[C@]3(C)C2CCC1. The van der Waals surface area contributed by atoms with Crippen LogP contribution in [0.25, 0.3) is 0 Å². The highest BCUT2D eigenvalue weighted by molar-refractivity contribution is 5.33. The molecule has 0 saturated heterocycles. The molecule has 3 unspecified atom stereocenters. The van der Waals surface area contributed by atoms with Gasteiger partial charge in [0.1, 0.15) is 0 Å². The van der Waals surface area contributed by atoms with Crippen LogP contribution in [0.5, 0.6) is 0 Å². The van der Waals surface area contributed by atoms with E-state index in [1.165, 1.54) is 44.9 Å². The van der Waals surface area contributed by atoms with Gasteiger partial charge in [-0.15, -0.1) is 0 Å². The first kappa shape index (κ1) is 14.2. The van der Waals surface area contributed by atoms with Gasteiger partial charge in [0.15, 0.2) is 0 Å². The van der Waals surface area contributed by atoms with E-state index in [1.54, 1.807) is 11.1 Å². The van der Waals surface area contributed by atoms with E-state index >= 15 is 0 Å². The average Bonchev–Trinajstić information content (AvgIpc) is 2.50. The molecule has 0 bridgehead atoms. The van der Waals surface area contributed by atoms with Crippen molar-refractivity contribution in [3.63, 3.8) is 0 Å². The molecule has 0 aliphatic heterocycles. The van der Waals surface area contributed by atoms with Gasteiger partial charge in [-0.1, -0.05) is 43.7 Å². The molecule has 0 saturated carbocycles. The summed E-state index contributed by atoms with van der Waals surface area (Å²) in [6, 6.07) is 0. The Kier molecular flexibility index (Phi) is 3.93.